The minimum atomic E-state index is -0.402. The van der Waals surface area contributed by atoms with Gasteiger partial charge in [-0.2, -0.15) is 0 Å². The van der Waals surface area contributed by atoms with E-state index in [4.69, 9.17) is 0 Å². The molecular weight excluding hydrogens is 320 g/mol. The number of likely N-dealkylation sites (tertiary alicyclic amines) is 1. The van der Waals surface area contributed by atoms with Gasteiger partial charge >= 0.3 is 0 Å². The van der Waals surface area contributed by atoms with Gasteiger partial charge in [-0.1, -0.05) is 24.3 Å². The number of nitrogens with zero attached hydrogens (tertiary/aromatic N) is 1. The summed E-state index contributed by atoms with van der Waals surface area (Å²) in [6, 6.07) is 15.4. The molecule has 1 heterocycles. The molecule has 1 fully saturated rings. The van der Waals surface area contributed by atoms with Crippen LogP contribution in [-0.4, -0.2) is 42.6 Å². The second-order valence-electron chi connectivity index (χ2n) is 5.88. The van der Waals surface area contributed by atoms with E-state index in [0.29, 0.717) is 18.5 Å². The van der Waals surface area contributed by atoms with Crippen molar-refractivity contribution in [3.63, 3.8) is 0 Å². The molecule has 0 saturated carbocycles. The molecule has 0 radical (unpaired) electrons. The highest BCUT2D eigenvalue weighted by Gasteiger charge is 2.30. The summed E-state index contributed by atoms with van der Waals surface area (Å²) in [5.74, 6) is -0.221. The van der Waals surface area contributed by atoms with Gasteiger partial charge in [0.05, 0.1) is 0 Å². The van der Waals surface area contributed by atoms with Crippen molar-refractivity contribution in [2.75, 3.05) is 19.8 Å². The Balaban J connectivity index is 1.69. The maximum atomic E-state index is 12.3. The van der Waals surface area contributed by atoms with Crippen LogP contribution in [0.25, 0.3) is 11.1 Å². The summed E-state index contributed by atoms with van der Waals surface area (Å²) < 4.78 is 0. The molecule has 1 N–H and O–H groups in total. The summed E-state index contributed by atoms with van der Waals surface area (Å²) in [5, 5.41) is 2.82. The lowest BCUT2D eigenvalue weighted by Gasteiger charge is -2.12. The van der Waals surface area contributed by atoms with Gasteiger partial charge in [0.15, 0.2) is 0 Å². The summed E-state index contributed by atoms with van der Waals surface area (Å²) in [4.78, 5) is 27.0. The third-order valence-corrected chi connectivity index (χ3v) is 5.05. The molecule has 1 unspecified atom stereocenters. The first kappa shape index (κ1) is 16.6. The monoisotopic (exact) mass is 340 g/mol. The quantitative estimate of drug-likeness (QED) is 0.871. The molecule has 4 nitrogen and oxygen atoms in total. The van der Waals surface area contributed by atoms with Crippen molar-refractivity contribution >= 4 is 23.6 Å². The Kier molecular flexibility index (Phi) is 4.90. The zero-order chi connectivity index (χ0) is 17.1. The highest BCUT2D eigenvalue weighted by molar-refractivity contribution is 7.98. The number of carbonyl (C=O) groups excluding carboxylic acids is 2. The second kappa shape index (κ2) is 7.09. The number of nitrogens with one attached hydrogen (secondary N) is 1. The third-order valence-electron chi connectivity index (χ3n) is 4.30. The zero-order valence-corrected chi connectivity index (χ0v) is 14.6. The Morgan fingerprint density at radius 1 is 1.08 bits per heavy atom. The van der Waals surface area contributed by atoms with E-state index in [0.717, 1.165) is 11.1 Å². The molecule has 5 heteroatoms. The van der Waals surface area contributed by atoms with Gasteiger partial charge in [-0.15, -0.1) is 11.8 Å². The molecule has 2 amide bonds. The second-order valence-corrected chi connectivity index (χ2v) is 6.76. The van der Waals surface area contributed by atoms with Crippen LogP contribution >= 0.6 is 11.8 Å². The van der Waals surface area contributed by atoms with E-state index in [1.165, 1.54) is 4.90 Å². The van der Waals surface area contributed by atoms with Crippen molar-refractivity contribution in [2.45, 2.75) is 17.4 Å². The summed E-state index contributed by atoms with van der Waals surface area (Å²) in [6.07, 6.45) is 2.72. The number of hydrogen-bond acceptors (Lipinski definition) is 3. The molecule has 0 spiro atoms. The van der Waals surface area contributed by atoms with Crippen LogP contribution in [0.5, 0.6) is 0 Å². The largest absolute Gasteiger partial charge is 0.344 e. The van der Waals surface area contributed by atoms with Gasteiger partial charge in [0, 0.05) is 24.1 Å². The van der Waals surface area contributed by atoms with Crippen molar-refractivity contribution in [1.29, 1.82) is 0 Å². The zero-order valence-electron chi connectivity index (χ0n) is 13.8. The molecular formula is C19H20N2O2S. The number of carbonyl (C=O) groups is 2. The van der Waals surface area contributed by atoms with Crippen LogP contribution in [0, 0.1) is 0 Å². The molecule has 2 aromatic rings. The smallest absolute Gasteiger partial charge is 0.251 e. The molecule has 1 saturated heterocycles. The molecule has 3 rings (SSSR count). The Labute approximate surface area is 146 Å². The first-order valence-corrected chi connectivity index (χ1v) is 9.11. The first-order chi connectivity index (χ1) is 11.6. The lowest BCUT2D eigenvalue weighted by Crippen LogP contribution is -2.40. The van der Waals surface area contributed by atoms with E-state index in [1.54, 1.807) is 35.8 Å². The molecule has 1 aliphatic heterocycles. The maximum Gasteiger partial charge on any atom is 0.251 e. The Morgan fingerprint density at radius 3 is 2.17 bits per heavy atom. The number of amides is 2. The number of thioether (sulfide) groups is 1. The molecule has 0 aromatic heterocycles. The van der Waals surface area contributed by atoms with Crippen molar-refractivity contribution < 1.29 is 9.59 Å². The van der Waals surface area contributed by atoms with Crippen molar-refractivity contribution in [1.82, 2.24) is 10.2 Å². The maximum absolute atomic E-state index is 12.3. The molecule has 0 bridgehead atoms. The summed E-state index contributed by atoms with van der Waals surface area (Å²) >= 11 is 1.71. The number of rotatable bonds is 4. The van der Waals surface area contributed by atoms with E-state index in [9.17, 15) is 9.59 Å². The topological polar surface area (TPSA) is 49.4 Å². The molecule has 2 aromatic carbocycles. The van der Waals surface area contributed by atoms with Crippen LogP contribution in [0.2, 0.25) is 0 Å². The number of benzene rings is 2. The van der Waals surface area contributed by atoms with E-state index in [-0.39, 0.29) is 11.8 Å². The Bertz CT molecular complexity index is 741. The van der Waals surface area contributed by atoms with Crippen molar-refractivity contribution in [3.05, 3.63) is 54.1 Å². The summed E-state index contributed by atoms with van der Waals surface area (Å²) in [6.45, 7) is 0.689. The fourth-order valence-electron chi connectivity index (χ4n) is 2.80. The lowest BCUT2D eigenvalue weighted by atomic mass is 10.0. The predicted octanol–water partition coefficient (Wildman–Crippen LogP) is 3.04. The van der Waals surface area contributed by atoms with Crippen LogP contribution in [-0.2, 0) is 4.79 Å². The molecule has 24 heavy (non-hydrogen) atoms. The van der Waals surface area contributed by atoms with Crippen LogP contribution in [0.15, 0.2) is 53.4 Å². The molecule has 0 aliphatic carbocycles. The van der Waals surface area contributed by atoms with Crippen LogP contribution in [0.3, 0.4) is 0 Å². The van der Waals surface area contributed by atoms with Crippen molar-refractivity contribution in [3.8, 4) is 11.1 Å². The standard InChI is InChI=1S/C19H20N2O2S/c1-21-12-11-17(19(21)23)20-18(22)15-5-3-13(4-6-15)14-7-9-16(24-2)10-8-14/h3-10,17H,11-12H2,1-2H3,(H,20,22). The lowest BCUT2D eigenvalue weighted by molar-refractivity contribution is -0.128. The summed E-state index contributed by atoms with van der Waals surface area (Å²) in [7, 11) is 1.76. The Hall–Kier alpha value is -2.27. The fraction of sp³-hybridized carbons (Fsp3) is 0.263. The number of hydrogen-bond donors (Lipinski definition) is 1. The predicted molar refractivity (Wildman–Crippen MR) is 97.2 cm³/mol. The normalized spacial score (nSPS) is 17.2. The van der Waals surface area contributed by atoms with E-state index in [2.05, 4.69) is 35.8 Å². The third kappa shape index (κ3) is 3.46. The van der Waals surface area contributed by atoms with Gasteiger partial charge in [0.25, 0.3) is 5.91 Å². The molecule has 1 aliphatic rings. The van der Waals surface area contributed by atoms with Gasteiger partial charge in [0.1, 0.15) is 6.04 Å². The summed E-state index contributed by atoms with van der Waals surface area (Å²) in [5.41, 5.74) is 2.75. The number of likely N-dealkylation sites (N-methyl/N-ethyl adjacent to an activating group) is 1. The minimum absolute atomic E-state index is 0.0196. The van der Waals surface area contributed by atoms with Crippen LogP contribution in [0.4, 0.5) is 0 Å². The van der Waals surface area contributed by atoms with Gasteiger partial charge < -0.3 is 10.2 Å². The fourth-order valence-corrected chi connectivity index (χ4v) is 3.20. The average molecular weight is 340 g/mol. The minimum Gasteiger partial charge on any atom is -0.344 e. The van der Waals surface area contributed by atoms with E-state index < -0.39 is 6.04 Å². The van der Waals surface area contributed by atoms with Gasteiger partial charge in [-0.3, -0.25) is 9.59 Å². The van der Waals surface area contributed by atoms with E-state index >= 15 is 0 Å². The SMILES string of the molecule is CSc1ccc(-c2ccc(C(=O)NC3CCN(C)C3=O)cc2)cc1. The van der Waals surface area contributed by atoms with Gasteiger partial charge in [0.2, 0.25) is 5.91 Å². The van der Waals surface area contributed by atoms with Crippen LogP contribution < -0.4 is 5.32 Å². The van der Waals surface area contributed by atoms with Crippen LogP contribution in [0.1, 0.15) is 16.8 Å². The highest BCUT2D eigenvalue weighted by Crippen LogP contribution is 2.23. The molecule has 124 valence electrons. The van der Waals surface area contributed by atoms with Gasteiger partial charge in [-0.05, 0) is 48.1 Å². The van der Waals surface area contributed by atoms with Gasteiger partial charge in [-0.25, -0.2) is 0 Å². The van der Waals surface area contributed by atoms with E-state index in [1.807, 2.05) is 12.1 Å². The molecule has 1 atom stereocenters. The highest BCUT2D eigenvalue weighted by atomic mass is 32.2. The Morgan fingerprint density at radius 2 is 1.67 bits per heavy atom. The average Bonchev–Trinajstić information content (AvgIpc) is 2.94. The van der Waals surface area contributed by atoms with Crippen molar-refractivity contribution in [2.24, 2.45) is 0 Å². The first-order valence-electron chi connectivity index (χ1n) is 7.89.